The second-order valence-electron chi connectivity index (χ2n) is 4.09. The smallest absolute Gasteiger partial charge is 0.151 e. The SMILES string of the molecule is COCC1CCN(c2nccnc2CN)C1. The first kappa shape index (κ1) is 11.3. The molecule has 16 heavy (non-hydrogen) atoms. The van der Waals surface area contributed by atoms with Crippen LogP contribution in [0.2, 0.25) is 0 Å². The summed E-state index contributed by atoms with van der Waals surface area (Å²) in [5.74, 6) is 1.53. The normalized spacial score (nSPS) is 20.4. The van der Waals surface area contributed by atoms with Crippen LogP contribution in [-0.2, 0) is 11.3 Å². The van der Waals surface area contributed by atoms with Gasteiger partial charge >= 0.3 is 0 Å². The maximum absolute atomic E-state index is 5.66. The first-order chi connectivity index (χ1) is 7.85. The molecule has 2 rings (SSSR count). The molecule has 5 heteroatoms. The molecule has 1 aromatic heterocycles. The molecule has 1 atom stereocenters. The zero-order valence-corrected chi connectivity index (χ0v) is 9.59. The minimum atomic E-state index is 0.439. The van der Waals surface area contributed by atoms with E-state index in [0.29, 0.717) is 12.5 Å². The molecule has 88 valence electrons. The van der Waals surface area contributed by atoms with Gasteiger partial charge in [0.25, 0.3) is 0 Å². The molecule has 1 fully saturated rings. The molecule has 0 saturated carbocycles. The molecule has 0 aromatic carbocycles. The van der Waals surface area contributed by atoms with E-state index >= 15 is 0 Å². The highest BCUT2D eigenvalue weighted by molar-refractivity contribution is 5.44. The van der Waals surface area contributed by atoms with Gasteiger partial charge in [-0.05, 0) is 6.42 Å². The Kier molecular flexibility index (Phi) is 3.69. The van der Waals surface area contributed by atoms with E-state index in [9.17, 15) is 0 Å². The summed E-state index contributed by atoms with van der Waals surface area (Å²) < 4.78 is 5.18. The van der Waals surface area contributed by atoms with Crippen molar-refractivity contribution < 1.29 is 4.74 Å². The van der Waals surface area contributed by atoms with Crippen LogP contribution in [0.1, 0.15) is 12.1 Å². The van der Waals surface area contributed by atoms with Crippen molar-refractivity contribution in [2.45, 2.75) is 13.0 Å². The van der Waals surface area contributed by atoms with Crippen LogP contribution in [0.4, 0.5) is 5.82 Å². The zero-order chi connectivity index (χ0) is 11.4. The number of nitrogens with zero attached hydrogens (tertiary/aromatic N) is 3. The number of ether oxygens (including phenoxy) is 1. The summed E-state index contributed by atoms with van der Waals surface area (Å²) in [6, 6.07) is 0. The minimum absolute atomic E-state index is 0.439. The molecular formula is C11H18N4O. The van der Waals surface area contributed by atoms with Gasteiger partial charge in [-0.25, -0.2) is 4.98 Å². The van der Waals surface area contributed by atoms with Crippen molar-refractivity contribution in [1.29, 1.82) is 0 Å². The largest absolute Gasteiger partial charge is 0.384 e. The topological polar surface area (TPSA) is 64.3 Å². The van der Waals surface area contributed by atoms with Crippen molar-refractivity contribution in [3.8, 4) is 0 Å². The molecular weight excluding hydrogens is 204 g/mol. The number of hydrogen-bond donors (Lipinski definition) is 1. The van der Waals surface area contributed by atoms with Crippen LogP contribution in [0, 0.1) is 5.92 Å². The van der Waals surface area contributed by atoms with Gasteiger partial charge in [0.15, 0.2) is 5.82 Å². The van der Waals surface area contributed by atoms with Crippen molar-refractivity contribution in [2.75, 3.05) is 31.7 Å². The summed E-state index contributed by atoms with van der Waals surface area (Å²) in [4.78, 5) is 10.9. The van der Waals surface area contributed by atoms with Gasteiger partial charge in [0.2, 0.25) is 0 Å². The van der Waals surface area contributed by atoms with Crippen molar-refractivity contribution in [2.24, 2.45) is 11.7 Å². The first-order valence-electron chi connectivity index (χ1n) is 5.59. The lowest BCUT2D eigenvalue weighted by molar-refractivity contribution is 0.161. The van der Waals surface area contributed by atoms with E-state index < -0.39 is 0 Å². The van der Waals surface area contributed by atoms with Gasteiger partial charge in [-0.2, -0.15) is 0 Å². The number of hydrogen-bond acceptors (Lipinski definition) is 5. The molecule has 0 aliphatic carbocycles. The maximum atomic E-state index is 5.66. The Morgan fingerprint density at radius 2 is 2.31 bits per heavy atom. The van der Waals surface area contributed by atoms with E-state index in [0.717, 1.165) is 37.6 Å². The van der Waals surface area contributed by atoms with Crippen LogP contribution in [0.25, 0.3) is 0 Å². The Labute approximate surface area is 95.6 Å². The van der Waals surface area contributed by atoms with Crippen LogP contribution >= 0.6 is 0 Å². The van der Waals surface area contributed by atoms with Gasteiger partial charge in [0, 0.05) is 45.1 Å². The Hall–Kier alpha value is -1.20. The number of methoxy groups -OCH3 is 1. The second kappa shape index (κ2) is 5.23. The predicted molar refractivity (Wildman–Crippen MR) is 62.1 cm³/mol. The predicted octanol–water partition coefficient (Wildman–Crippen LogP) is 0.408. The van der Waals surface area contributed by atoms with Gasteiger partial charge in [-0.3, -0.25) is 4.98 Å². The van der Waals surface area contributed by atoms with Crippen molar-refractivity contribution >= 4 is 5.82 Å². The Morgan fingerprint density at radius 1 is 1.50 bits per heavy atom. The third-order valence-electron chi connectivity index (χ3n) is 2.93. The summed E-state index contributed by atoms with van der Waals surface area (Å²) >= 11 is 0. The van der Waals surface area contributed by atoms with Crippen LogP contribution in [0.15, 0.2) is 12.4 Å². The van der Waals surface area contributed by atoms with Gasteiger partial charge in [0.1, 0.15) is 0 Å². The van der Waals surface area contributed by atoms with Crippen LogP contribution in [0.3, 0.4) is 0 Å². The molecule has 1 aliphatic rings. The number of nitrogens with two attached hydrogens (primary N) is 1. The lowest BCUT2D eigenvalue weighted by Gasteiger charge is -2.19. The molecule has 5 nitrogen and oxygen atoms in total. The zero-order valence-electron chi connectivity index (χ0n) is 9.59. The third-order valence-corrected chi connectivity index (χ3v) is 2.93. The Morgan fingerprint density at radius 3 is 3.06 bits per heavy atom. The van der Waals surface area contributed by atoms with Crippen LogP contribution in [0.5, 0.6) is 0 Å². The molecule has 2 heterocycles. The summed E-state index contributed by atoms with van der Waals surface area (Å²) in [5.41, 5.74) is 6.53. The summed E-state index contributed by atoms with van der Waals surface area (Å²) in [5, 5.41) is 0. The highest BCUT2D eigenvalue weighted by Gasteiger charge is 2.24. The average molecular weight is 222 g/mol. The molecule has 1 saturated heterocycles. The maximum Gasteiger partial charge on any atom is 0.151 e. The van der Waals surface area contributed by atoms with Crippen LogP contribution in [-0.4, -0.2) is 36.8 Å². The molecule has 0 spiro atoms. The molecule has 1 aliphatic heterocycles. The molecule has 0 radical (unpaired) electrons. The van der Waals surface area contributed by atoms with E-state index in [1.165, 1.54) is 0 Å². The molecule has 0 amide bonds. The highest BCUT2D eigenvalue weighted by Crippen LogP contribution is 2.23. The van der Waals surface area contributed by atoms with Gasteiger partial charge in [-0.1, -0.05) is 0 Å². The number of anilines is 1. The van der Waals surface area contributed by atoms with Gasteiger partial charge < -0.3 is 15.4 Å². The fourth-order valence-electron chi connectivity index (χ4n) is 2.16. The van der Waals surface area contributed by atoms with Gasteiger partial charge in [-0.15, -0.1) is 0 Å². The fraction of sp³-hybridized carbons (Fsp3) is 0.636. The van der Waals surface area contributed by atoms with Gasteiger partial charge in [0.05, 0.1) is 12.3 Å². The Bertz CT molecular complexity index is 345. The molecule has 1 unspecified atom stereocenters. The fourth-order valence-corrected chi connectivity index (χ4v) is 2.16. The van der Waals surface area contributed by atoms with E-state index in [4.69, 9.17) is 10.5 Å². The van der Waals surface area contributed by atoms with E-state index in [1.54, 1.807) is 19.5 Å². The summed E-state index contributed by atoms with van der Waals surface area (Å²) in [6.07, 6.45) is 4.56. The minimum Gasteiger partial charge on any atom is -0.384 e. The first-order valence-corrected chi connectivity index (χ1v) is 5.59. The lowest BCUT2D eigenvalue weighted by atomic mass is 10.1. The molecule has 1 aromatic rings. The standard InChI is InChI=1S/C11H18N4O/c1-16-8-9-2-5-15(7-9)11-10(6-12)13-3-4-14-11/h3-4,9H,2,5-8,12H2,1H3. The molecule has 0 bridgehead atoms. The second-order valence-corrected chi connectivity index (χ2v) is 4.09. The summed E-state index contributed by atoms with van der Waals surface area (Å²) in [7, 11) is 1.75. The average Bonchev–Trinajstić information content (AvgIpc) is 2.78. The summed E-state index contributed by atoms with van der Waals surface area (Å²) in [6.45, 7) is 3.25. The van der Waals surface area contributed by atoms with Crippen molar-refractivity contribution in [3.63, 3.8) is 0 Å². The third kappa shape index (κ3) is 2.31. The highest BCUT2D eigenvalue weighted by atomic mass is 16.5. The van der Waals surface area contributed by atoms with E-state index in [-0.39, 0.29) is 0 Å². The quantitative estimate of drug-likeness (QED) is 0.799. The Balaban J connectivity index is 2.08. The van der Waals surface area contributed by atoms with Crippen molar-refractivity contribution in [3.05, 3.63) is 18.1 Å². The van der Waals surface area contributed by atoms with Crippen molar-refractivity contribution in [1.82, 2.24) is 9.97 Å². The van der Waals surface area contributed by atoms with E-state index in [2.05, 4.69) is 14.9 Å². The molecule has 2 N–H and O–H groups in total. The van der Waals surface area contributed by atoms with Crippen LogP contribution < -0.4 is 10.6 Å². The van der Waals surface area contributed by atoms with E-state index in [1.807, 2.05) is 0 Å². The lowest BCUT2D eigenvalue weighted by Crippen LogP contribution is -2.24. The monoisotopic (exact) mass is 222 g/mol. The number of rotatable bonds is 4. The number of aromatic nitrogens is 2.